The number of hydrogen-bond donors (Lipinski definition) is 2. The second kappa shape index (κ2) is 3.75. The van der Waals surface area contributed by atoms with Gasteiger partial charge in [-0.3, -0.25) is 0 Å². The quantitative estimate of drug-likeness (QED) is 0.681. The predicted molar refractivity (Wildman–Crippen MR) is 61.2 cm³/mol. The van der Waals surface area contributed by atoms with Crippen LogP contribution < -0.4 is 11.1 Å². The summed E-state index contributed by atoms with van der Waals surface area (Å²) < 4.78 is 0. The number of nitrogens with two attached hydrogens (primary N) is 1. The van der Waals surface area contributed by atoms with Crippen LogP contribution in [0.1, 0.15) is 18.0 Å². The molecule has 0 saturated carbocycles. The molecule has 1 aliphatic heterocycles. The summed E-state index contributed by atoms with van der Waals surface area (Å²) in [5.74, 6) is 0.600. The summed E-state index contributed by atoms with van der Waals surface area (Å²) in [7, 11) is 0. The van der Waals surface area contributed by atoms with Gasteiger partial charge in [-0.2, -0.15) is 0 Å². The van der Waals surface area contributed by atoms with E-state index in [-0.39, 0.29) is 6.04 Å². The zero-order valence-electron chi connectivity index (χ0n) is 7.60. The van der Waals surface area contributed by atoms with Crippen molar-refractivity contribution >= 4 is 23.2 Å². The number of hydrogen-bond acceptors (Lipinski definition) is 2. The molecular formula is C10H11N3S. The first-order chi connectivity index (χ1) is 6.75. The van der Waals surface area contributed by atoms with Crippen LogP contribution in [-0.2, 0) is 0 Å². The first-order valence-corrected chi connectivity index (χ1v) is 4.85. The van der Waals surface area contributed by atoms with E-state index in [1.54, 1.807) is 0 Å². The van der Waals surface area contributed by atoms with Crippen LogP contribution in [0.4, 0.5) is 0 Å². The number of thiocarbonyl (C=S) groups is 1. The average Bonchev–Trinajstić information content (AvgIpc) is 2.18. The highest BCUT2D eigenvalue weighted by atomic mass is 32.1. The standard InChI is InChI=1S/C10H11N3S/c11-9-6-8(12-10(14)13-9)7-4-2-1-3-5-7/h1-5,8H,6H2,(H3,11,12,13,14). The van der Waals surface area contributed by atoms with Crippen LogP contribution in [0.15, 0.2) is 35.3 Å². The van der Waals surface area contributed by atoms with Gasteiger partial charge in [-0.15, -0.1) is 0 Å². The molecule has 4 heteroatoms. The van der Waals surface area contributed by atoms with Crippen molar-refractivity contribution in [3.63, 3.8) is 0 Å². The maximum absolute atomic E-state index is 5.68. The van der Waals surface area contributed by atoms with Crippen molar-refractivity contribution in [1.82, 2.24) is 5.32 Å². The van der Waals surface area contributed by atoms with E-state index >= 15 is 0 Å². The van der Waals surface area contributed by atoms with Gasteiger partial charge in [-0.05, 0) is 17.8 Å². The van der Waals surface area contributed by atoms with Crippen LogP contribution in [0.2, 0.25) is 0 Å². The summed E-state index contributed by atoms with van der Waals surface area (Å²) >= 11 is 4.98. The molecule has 0 saturated heterocycles. The van der Waals surface area contributed by atoms with E-state index in [4.69, 9.17) is 18.0 Å². The fraction of sp³-hybridized carbons (Fsp3) is 0.200. The maximum atomic E-state index is 5.68. The molecule has 2 rings (SSSR count). The Morgan fingerprint density at radius 3 is 2.71 bits per heavy atom. The number of amidine groups is 1. The molecule has 0 aromatic heterocycles. The highest BCUT2D eigenvalue weighted by molar-refractivity contribution is 7.80. The monoisotopic (exact) mass is 205 g/mol. The molecule has 3 N–H and O–H groups in total. The largest absolute Gasteiger partial charge is 0.387 e. The van der Waals surface area contributed by atoms with E-state index in [0.29, 0.717) is 17.4 Å². The first-order valence-electron chi connectivity index (χ1n) is 4.44. The molecule has 1 unspecified atom stereocenters. The van der Waals surface area contributed by atoms with Gasteiger partial charge in [0.2, 0.25) is 0 Å². The molecule has 1 aromatic carbocycles. The van der Waals surface area contributed by atoms with Gasteiger partial charge in [0, 0.05) is 6.42 Å². The fourth-order valence-corrected chi connectivity index (χ4v) is 1.76. The second-order valence-electron chi connectivity index (χ2n) is 3.22. The van der Waals surface area contributed by atoms with Gasteiger partial charge < -0.3 is 11.1 Å². The van der Waals surface area contributed by atoms with Gasteiger partial charge in [0.15, 0.2) is 5.11 Å². The Morgan fingerprint density at radius 1 is 1.36 bits per heavy atom. The third kappa shape index (κ3) is 1.90. The van der Waals surface area contributed by atoms with E-state index < -0.39 is 0 Å². The second-order valence-corrected chi connectivity index (χ2v) is 3.61. The Labute approximate surface area is 88.0 Å². The highest BCUT2D eigenvalue weighted by Crippen LogP contribution is 2.18. The number of rotatable bonds is 1. The first kappa shape index (κ1) is 9.15. The molecular weight excluding hydrogens is 194 g/mol. The van der Waals surface area contributed by atoms with Crippen LogP contribution >= 0.6 is 12.2 Å². The lowest BCUT2D eigenvalue weighted by molar-refractivity contribution is 0.661. The fourth-order valence-electron chi connectivity index (χ4n) is 1.50. The minimum atomic E-state index is 0.168. The van der Waals surface area contributed by atoms with Gasteiger partial charge in [0.1, 0.15) is 5.84 Å². The van der Waals surface area contributed by atoms with Crippen molar-refractivity contribution in [2.75, 3.05) is 0 Å². The van der Waals surface area contributed by atoms with Gasteiger partial charge >= 0.3 is 0 Å². The Balaban J connectivity index is 2.22. The molecule has 14 heavy (non-hydrogen) atoms. The zero-order chi connectivity index (χ0) is 9.97. The minimum absolute atomic E-state index is 0.168. The minimum Gasteiger partial charge on any atom is -0.387 e. The van der Waals surface area contributed by atoms with E-state index in [9.17, 15) is 0 Å². The lowest BCUT2D eigenvalue weighted by Crippen LogP contribution is -2.35. The number of nitrogens with zero attached hydrogens (tertiary/aromatic N) is 1. The molecule has 3 nitrogen and oxygen atoms in total. The Bertz CT molecular complexity index is 372. The Kier molecular flexibility index (Phi) is 2.45. The van der Waals surface area contributed by atoms with Crippen molar-refractivity contribution in [2.45, 2.75) is 12.5 Å². The molecule has 1 atom stereocenters. The van der Waals surface area contributed by atoms with E-state index in [2.05, 4.69) is 22.4 Å². The molecule has 0 amide bonds. The molecule has 1 aromatic rings. The van der Waals surface area contributed by atoms with Gasteiger partial charge in [-0.25, -0.2) is 4.99 Å². The summed E-state index contributed by atoms with van der Waals surface area (Å²) in [5, 5.41) is 3.60. The summed E-state index contributed by atoms with van der Waals surface area (Å²) in [6, 6.07) is 10.3. The zero-order valence-corrected chi connectivity index (χ0v) is 8.42. The van der Waals surface area contributed by atoms with Gasteiger partial charge in [0.25, 0.3) is 0 Å². The number of nitrogens with one attached hydrogen (secondary N) is 1. The molecule has 72 valence electrons. The molecule has 0 spiro atoms. The summed E-state index contributed by atoms with van der Waals surface area (Å²) in [5.41, 5.74) is 6.86. The lowest BCUT2D eigenvalue weighted by atomic mass is 10.0. The van der Waals surface area contributed by atoms with Gasteiger partial charge in [-0.1, -0.05) is 30.3 Å². The van der Waals surface area contributed by atoms with Crippen LogP contribution in [0.5, 0.6) is 0 Å². The molecule has 1 aliphatic rings. The summed E-state index contributed by atoms with van der Waals surface area (Å²) in [4.78, 5) is 3.97. The van der Waals surface area contributed by atoms with Crippen molar-refractivity contribution in [3.05, 3.63) is 35.9 Å². The summed E-state index contributed by atoms with van der Waals surface area (Å²) in [6.07, 6.45) is 0.712. The topological polar surface area (TPSA) is 50.4 Å². The molecule has 1 heterocycles. The highest BCUT2D eigenvalue weighted by Gasteiger charge is 2.18. The van der Waals surface area contributed by atoms with Crippen LogP contribution in [-0.4, -0.2) is 10.9 Å². The lowest BCUT2D eigenvalue weighted by Gasteiger charge is -2.23. The van der Waals surface area contributed by atoms with Gasteiger partial charge in [0.05, 0.1) is 6.04 Å². The molecule has 0 radical (unpaired) electrons. The predicted octanol–water partition coefficient (Wildman–Crippen LogP) is 1.36. The SMILES string of the molecule is NC1=NC(=S)NC(c2ccccc2)C1. The van der Waals surface area contributed by atoms with Crippen molar-refractivity contribution in [2.24, 2.45) is 10.7 Å². The van der Waals surface area contributed by atoms with E-state index in [0.717, 1.165) is 0 Å². The third-order valence-electron chi connectivity index (χ3n) is 2.16. The Hall–Kier alpha value is -1.42. The normalized spacial score (nSPS) is 21.3. The summed E-state index contributed by atoms with van der Waals surface area (Å²) in [6.45, 7) is 0. The maximum Gasteiger partial charge on any atom is 0.194 e. The number of aliphatic imine (C=N–C) groups is 1. The molecule has 0 bridgehead atoms. The third-order valence-corrected chi connectivity index (χ3v) is 2.37. The van der Waals surface area contributed by atoms with Crippen LogP contribution in [0.3, 0.4) is 0 Å². The van der Waals surface area contributed by atoms with E-state index in [1.807, 2.05) is 18.2 Å². The Morgan fingerprint density at radius 2 is 2.07 bits per heavy atom. The van der Waals surface area contributed by atoms with Crippen molar-refractivity contribution in [3.8, 4) is 0 Å². The van der Waals surface area contributed by atoms with Crippen LogP contribution in [0.25, 0.3) is 0 Å². The van der Waals surface area contributed by atoms with Crippen molar-refractivity contribution in [1.29, 1.82) is 0 Å². The smallest absolute Gasteiger partial charge is 0.194 e. The van der Waals surface area contributed by atoms with Crippen molar-refractivity contribution < 1.29 is 0 Å². The average molecular weight is 205 g/mol. The molecule has 0 aliphatic carbocycles. The van der Waals surface area contributed by atoms with E-state index in [1.165, 1.54) is 5.56 Å². The van der Waals surface area contributed by atoms with Crippen LogP contribution in [0, 0.1) is 0 Å². The number of benzene rings is 1. The molecule has 0 fully saturated rings.